The van der Waals surface area contributed by atoms with E-state index in [0.717, 1.165) is 6.07 Å². The second-order valence-corrected chi connectivity index (χ2v) is 10.8. The highest BCUT2D eigenvalue weighted by Crippen LogP contribution is 2.36. The van der Waals surface area contributed by atoms with E-state index in [4.69, 9.17) is 23.1 Å². The number of benzene rings is 3. The number of ether oxygens (including phenoxy) is 4. The van der Waals surface area contributed by atoms with Crippen LogP contribution in [0.5, 0.6) is 28.7 Å². The van der Waals surface area contributed by atoms with Gasteiger partial charge in [0.05, 0.1) is 66.5 Å². The number of hydrogen-bond acceptors (Lipinski definition) is 12. The first-order valence-corrected chi connectivity index (χ1v) is 14.1. The highest BCUT2D eigenvalue weighted by Gasteiger charge is 2.31. The van der Waals surface area contributed by atoms with Crippen molar-refractivity contribution in [2.24, 2.45) is 0 Å². The van der Waals surface area contributed by atoms with Crippen LogP contribution in [0, 0.1) is 20.2 Å². The molecule has 0 spiro atoms. The molecule has 0 aliphatic carbocycles. The molecule has 0 amide bonds. The molecular formula is C25H24N2O12S2. The number of nitrogens with zero attached hydrogens (tertiary/aromatic N) is 2. The fourth-order valence-electron chi connectivity index (χ4n) is 3.57. The van der Waals surface area contributed by atoms with Crippen molar-refractivity contribution in [1.29, 1.82) is 0 Å². The molecule has 41 heavy (non-hydrogen) atoms. The van der Waals surface area contributed by atoms with E-state index in [9.17, 15) is 32.9 Å². The lowest BCUT2D eigenvalue weighted by atomic mass is 10.1. The molecule has 0 saturated heterocycles. The van der Waals surface area contributed by atoms with Gasteiger partial charge in [-0.2, -0.15) is 8.42 Å². The lowest BCUT2D eigenvalue weighted by Crippen LogP contribution is -2.13. The first kappa shape index (κ1) is 30.8. The average Bonchev–Trinajstić information content (AvgIpc) is 2.95. The van der Waals surface area contributed by atoms with E-state index >= 15 is 0 Å². The van der Waals surface area contributed by atoms with Gasteiger partial charge in [-0.25, -0.2) is 0 Å². The maximum absolute atomic E-state index is 13.0. The largest absolute Gasteiger partial charge is 0.496 e. The smallest absolute Gasteiger partial charge is 0.346 e. The summed E-state index contributed by atoms with van der Waals surface area (Å²) in [6.45, 7) is 0. The Morgan fingerprint density at radius 2 is 1.44 bits per heavy atom. The van der Waals surface area contributed by atoms with E-state index in [1.165, 1.54) is 52.0 Å². The monoisotopic (exact) mass is 608 g/mol. The van der Waals surface area contributed by atoms with E-state index in [1.807, 2.05) is 0 Å². The Kier molecular flexibility index (Phi) is 9.85. The van der Waals surface area contributed by atoms with Crippen LogP contribution < -0.4 is 23.1 Å². The van der Waals surface area contributed by atoms with Crippen LogP contribution >= 0.6 is 0 Å². The van der Waals surface area contributed by atoms with Crippen molar-refractivity contribution in [1.82, 2.24) is 0 Å². The first-order valence-electron chi connectivity index (χ1n) is 11.3. The van der Waals surface area contributed by atoms with Crippen LogP contribution in [-0.4, -0.2) is 50.9 Å². The zero-order chi connectivity index (χ0) is 30.3. The molecule has 3 rings (SSSR count). The molecule has 0 aliphatic rings. The van der Waals surface area contributed by atoms with E-state index in [2.05, 4.69) is 0 Å². The van der Waals surface area contributed by atoms with Gasteiger partial charge in [-0.1, -0.05) is 6.07 Å². The van der Waals surface area contributed by atoms with Gasteiger partial charge in [0.15, 0.2) is 16.4 Å². The summed E-state index contributed by atoms with van der Waals surface area (Å²) < 4.78 is 65.1. The average molecular weight is 609 g/mol. The second kappa shape index (κ2) is 13.1. The molecule has 1 unspecified atom stereocenters. The van der Waals surface area contributed by atoms with Gasteiger partial charge in [-0.3, -0.25) is 24.4 Å². The molecule has 0 bridgehead atoms. The standard InChI is InChI=1S/C25H24N2O12S2/c1-35-18-13-22(37-3)19(23(14-18)38-4)9-10-40(32)15-16-5-7-21(36-2)24(11-16)39-41(33,34)25-8-6-17(26(28)29)12-20(25)27(30)31/h5-14H,15H2,1-4H3/b10-9+. The Hall–Kier alpha value is -4.70. The van der Waals surface area contributed by atoms with E-state index in [-0.39, 0.29) is 17.3 Å². The van der Waals surface area contributed by atoms with Gasteiger partial charge in [-0.05, 0) is 29.8 Å². The second-order valence-electron chi connectivity index (χ2n) is 7.96. The minimum atomic E-state index is -4.85. The Balaban J connectivity index is 1.90. The molecule has 218 valence electrons. The molecule has 0 fully saturated rings. The maximum atomic E-state index is 13.0. The molecule has 3 aromatic rings. The van der Waals surface area contributed by atoms with Gasteiger partial charge in [0.25, 0.3) is 11.4 Å². The summed E-state index contributed by atoms with van der Waals surface area (Å²) >= 11 is 0. The molecule has 16 heteroatoms. The van der Waals surface area contributed by atoms with Crippen molar-refractivity contribution in [3.63, 3.8) is 0 Å². The minimum absolute atomic E-state index is 0.0316. The van der Waals surface area contributed by atoms with Crippen molar-refractivity contribution in [2.45, 2.75) is 10.6 Å². The zero-order valence-corrected chi connectivity index (χ0v) is 23.7. The summed E-state index contributed by atoms with van der Waals surface area (Å²) in [6, 6.07) is 9.47. The molecule has 0 aliphatic heterocycles. The van der Waals surface area contributed by atoms with Crippen LogP contribution in [0.25, 0.3) is 6.08 Å². The quantitative estimate of drug-likeness (QED) is 0.153. The molecule has 0 radical (unpaired) electrons. The molecule has 0 N–H and O–H groups in total. The number of hydrogen-bond donors (Lipinski definition) is 0. The first-order chi connectivity index (χ1) is 19.4. The third kappa shape index (κ3) is 7.29. The van der Waals surface area contributed by atoms with E-state index in [0.29, 0.717) is 40.5 Å². The highest BCUT2D eigenvalue weighted by atomic mass is 32.2. The molecule has 1 atom stereocenters. The fraction of sp³-hybridized carbons (Fsp3) is 0.200. The maximum Gasteiger partial charge on any atom is 0.346 e. The number of nitro groups is 2. The van der Waals surface area contributed by atoms with Crippen LogP contribution in [0.1, 0.15) is 11.1 Å². The van der Waals surface area contributed by atoms with Gasteiger partial charge in [0.1, 0.15) is 17.2 Å². The van der Waals surface area contributed by atoms with Gasteiger partial charge in [0.2, 0.25) is 0 Å². The summed E-state index contributed by atoms with van der Waals surface area (Å²) in [6.07, 6.45) is 1.55. The molecule has 0 heterocycles. The van der Waals surface area contributed by atoms with E-state index in [1.54, 1.807) is 18.2 Å². The highest BCUT2D eigenvalue weighted by molar-refractivity contribution is 7.87. The van der Waals surface area contributed by atoms with Crippen molar-refractivity contribution in [3.05, 3.63) is 85.3 Å². The molecule has 0 aromatic heterocycles. The summed E-state index contributed by atoms with van der Waals surface area (Å²) in [4.78, 5) is 19.6. The molecule has 3 aromatic carbocycles. The summed E-state index contributed by atoms with van der Waals surface area (Å²) in [5.74, 6) is 0.889. The van der Waals surface area contributed by atoms with Crippen molar-refractivity contribution < 1.29 is 45.6 Å². The number of methoxy groups -OCH3 is 4. The Morgan fingerprint density at radius 3 is 1.98 bits per heavy atom. The topological polar surface area (TPSA) is 184 Å². The zero-order valence-electron chi connectivity index (χ0n) is 22.1. The Bertz CT molecular complexity index is 1610. The number of nitro benzene ring substituents is 2. The van der Waals surface area contributed by atoms with Crippen LogP contribution in [0.3, 0.4) is 0 Å². The summed E-state index contributed by atoms with van der Waals surface area (Å²) in [5.41, 5.74) is -0.815. The molecular weight excluding hydrogens is 584 g/mol. The molecule has 0 saturated carbocycles. The van der Waals surface area contributed by atoms with Crippen LogP contribution in [0.2, 0.25) is 0 Å². The van der Waals surface area contributed by atoms with Crippen molar-refractivity contribution in [3.8, 4) is 28.7 Å². The van der Waals surface area contributed by atoms with E-state index < -0.39 is 47.0 Å². The lowest BCUT2D eigenvalue weighted by Gasteiger charge is -2.13. The lowest BCUT2D eigenvalue weighted by molar-refractivity contribution is -0.396. The Labute approximate surface area is 236 Å². The number of non-ortho nitro benzene ring substituents is 1. The van der Waals surface area contributed by atoms with Crippen LogP contribution in [-0.2, 0) is 26.7 Å². The summed E-state index contributed by atoms with van der Waals surface area (Å²) in [7, 11) is -0.805. The predicted octanol–water partition coefficient (Wildman–Crippen LogP) is 4.22. The SMILES string of the molecule is COc1cc(OC)c(/C=C/S(=O)Cc2ccc(OC)c(OS(=O)(=O)c3ccc([N+](=O)[O-])cc3[N+](=O)[O-])c2)c(OC)c1. The number of rotatable bonds is 13. The van der Waals surface area contributed by atoms with Crippen LogP contribution in [0.15, 0.2) is 58.8 Å². The van der Waals surface area contributed by atoms with Gasteiger partial charge >= 0.3 is 10.1 Å². The fourth-order valence-corrected chi connectivity index (χ4v) is 5.54. The normalized spacial score (nSPS) is 12.0. The van der Waals surface area contributed by atoms with Crippen molar-refractivity contribution >= 4 is 38.4 Å². The third-order valence-corrected chi connectivity index (χ3v) is 7.84. The molecule has 14 nitrogen and oxygen atoms in total. The van der Waals surface area contributed by atoms with Crippen LogP contribution in [0.4, 0.5) is 11.4 Å². The minimum Gasteiger partial charge on any atom is -0.496 e. The predicted molar refractivity (Wildman–Crippen MR) is 148 cm³/mol. The van der Waals surface area contributed by atoms with Gasteiger partial charge in [0, 0.05) is 23.6 Å². The van der Waals surface area contributed by atoms with Gasteiger partial charge in [-0.15, -0.1) is 0 Å². The Morgan fingerprint density at radius 1 is 0.805 bits per heavy atom. The van der Waals surface area contributed by atoms with Crippen molar-refractivity contribution in [2.75, 3.05) is 28.4 Å². The third-order valence-electron chi connectivity index (χ3n) is 5.50. The summed E-state index contributed by atoms with van der Waals surface area (Å²) in [5, 5.41) is 23.8. The van der Waals surface area contributed by atoms with Gasteiger partial charge < -0.3 is 23.1 Å².